The second-order valence-electron chi connectivity index (χ2n) is 5.97. The van der Waals surface area contributed by atoms with Gasteiger partial charge in [0.25, 0.3) is 5.91 Å². The fraction of sp³-hybridized carbons (Fsp3) is 0.333. The third-order valence-corrected chi connectivity index (χ3v) is 3.77. The van der Waals surface area contributed by atoms with Crippen LogP contribution in [0.3, 0.4) is 0 Å². The van der Waals surface area contributed by atoms with E-state index in [1.54, 1.807) is 18.3 Å². The van der Waals surface area contributed by atoms with Crippen LogP contribution in [0.4, 0.5) is 0 Å². The van der Waals surface area contributed by atoms with Crippen LogP contribution in [-0.2, 0) is 0 Å². The molecule has 2 heterocycles. The molecule has 0 aliphatic carbocycles. The highest BCUT2D eigenvalue weighted by Crippen LogP contribution is 2.21. The molecule has 120 valence electrons. The van der Waals surface area contributed by atoms with Crippen LogP contribution in [0.2, 0.25) is 0 Å². The Bertz CT molecular complexity index is 665. The molecule has 5 nitrogen and oxygen atoms in total. The summed E-state index contributed by atoms with van der Waals surface area (Å²) in [5, 5.41) is 3.42. The summed E-state index contributed by atoms with van der Waals surface area (Å²) >= 11 is 0. The summed E-state index contributed by atoms with van der Waals surface area (Å²) in [5.74, 6) is 1.30. The summed E-state index contributed by atoms with van der Waals surface area (Å²) in [6, 6.07) is 13.5. The number of aromatic nitrogens is 1. The van der Waals surface area contributed by atoms with Crippen LogP contribution in [0.1, 0.15) is 24.3 Å². The molecular formula is C18H21N3O2. The van der Waals surface area contributed by atoms with E-state index in [4.69, 9.17) is 4.74 Å². The molecular weight excluding hydrogens is 290 g/mol. The summed E-state index contributed by atoms with van der Waals surface area (Å²) in [4.78, 5) is 18.7. The highest BCUT2D eigenvalue weighted by atomic mass is 16.5. The lowest BCUT2D eigenvalue weighted by atomic mass is 10.1. The van der Waals surface area contributed by atoms with Crippen molar-refractivity contribution < 1.29 is 9.53 Å². The number of rotatable bonds is 3. The van der Waals surface area contributed by atoms with Crippen LogP contribution in [0.25, 0.3) is 0 Å². The van der Waals surface area contributed by atoms with Crippen molar-refractivity contribution in [2.75, 3.05) is 13.1 Å². The average molecular weight is 311 g/mol. The molecule has 1 amide bonds. The van der Waals surface area contributed by atoms with E-state index in [0.717, 1.165) is 5.75 Å². The van der Waals surface area contributed by atoms with Crippen molar-refractivity contribution in [3.8, 4) is 11.5 Å². The van der Waals surface area contributed by atoms with Crippen LogP contribution in [0.15, 0.2) is 48.7 Å². The topological polar surface area (TPSA) is 54.5 Å². The molecule has 2 unspecified atom stereocenters. The van der Waals surface area contributed by atoms with Crippen LogP contribution >= 0.6 is 0 Å². The van der Waals surface area contributed by atoms with Crippen molar-refractivity contribution in [3.05, 3.63) is 54.4 Å². The van der Waals surface area contributed by atoms with Crippen LogP contribution < -0.4 is 10.1 Å². The quantitative estimate of drug-likeness (QED) is 0.947. The zero-order chi connectivity index (χ0) is 16.2. The number of carbonyl (C=O) groups excluding carboxylic acids is 1. The van der Waals surface area contributed by atoms with Gasteiger partial charge in [-0.15, -0.1) is 0 Å². The van der Waals surface area contributed by atoms with Gasteiger partial charge in [0.05, 0.1) is 0 Å². The van der Waals surface area contributed by atoms with Crippen LogP contribution in [0.5, 0.6) is 11.5 Å². The van der Waals surface area contributed by atoms with E-state index in [1.165, 1.54) is 0 Å². The molecule has 0 saturated carbocycles. The number of nitrogens with one attached hydrogen (secondary N) is 1. The molecule has 1 aliphatic rings. The molecule has 0 bridgehead atoms. The Morgan fingerprint density at radius 2 is 1.83 bits per heavy atom. The van der Waals surface area contributed by atoms with Gasteiger partial charge in [-0.05, 0) is 32.0 Å². The average Bonchev–Trinajstić information content (AvgIpc) is 2.54. The summed E-state index contributed by atoms with van der Waals surface area (Å²) in [6.07, 6.45) is 1.61. The Hall–Kier alpha value is -2.40. The van der Waals surface area contributed by atoms with Crippen LogP contribution in [-0.4, -0.2) is 41.0 Å². The Labute approximate surface area is 136 Å². The first-order valence-electron chi connectivity index (χ1n) is 7.86. The number of hydrogen-bond acceptors (Lipinski definition) is 4. The summed E-state index contributed by atoms with van der Waals surface area (Å²) in [6.45, 7) is 5.54. The molecule has 0 radical (unpaired) electrons. The van der Waals surface area contributed by atoms with Gasteiger partial charge in [0, 0.05) is 37.4 Å². The molecule has 2 atom stereocenters. The molecule has 0 spiro atoms. The van der Waals surface area contributed by atoms with Gasteiger partial charge < -0.3 is 15.0 Å². The van der Waals surface area contributed by atoms with Gasteiger partial charge in [0.1, 0.15) is 17.2 Å². The van der Waals surface area contributed by atoms with Crippen molar-refractivity contribution in [2.45, 2.75) is 25.9 Å². The van der Waals surface area contributed by atoms with Gasteiger partial charge in [0.15, 0.2) is 0 Å². The maximum atomic E-state index is 12.7. The van der Waals surface area contributed by atoms with Crippen molar-refractivity contribution in [1.82, 2.24) is 15.2 Å². The van der Waals surface area contributed by atoms with Crippen LogP contribution in [0, 0.1) is 0 Å². The first-order valence-corrected chi connectivity index (χ1v) is 7.86. The molecule has 1 fully saturated rings. The van der Waals surface area contributed by atoms with E-state index in [2.05, 4.69) is 24.1 Å². The number of piperazine rings is 1. The molecule has 2 aromatic rings. The zero-order valence-corrected chi connectivity index (χ0v) is 13.4. The molecule has 23 heavy (non-hydrogen) atoms. The minimum absolute atomic E-state index is 0.0521. The Balaban J connectivity index is 1.75. The second kappa shape index (κ2) is 6.79. The lowest BCUT2D eigenvalue weighted by molar-refractivity contribution is 0.0667. The summed E-state index contributed by atoms with van der Waals surface area (Å²) < 4.78 is 5.78. The normalized spacial score (nSPS) is 21.0. The predicted molar refractivity (Wildman–Crippen MR) is 88.7 cm³/mol. The standard InChI is InChI=1S/C18H21N3O2/c1-13-11-21(12-14(2)20-13)18(22)17-10-16(8-9-19-17)23-15-6-4-3-5-7-15/h3-10,13-14,20H,11-12H2,1-2H3. The number of ether oxygens (including phenoxy) is 1. The Morgan fingerprint density at radius 1 is 1.13 bits per heavy atom. The van der Waals surface area contributed by atoms with E-state index in [-0.39, 0.29) is 18.0 Å². The van der Waals surface area contributed by atoms with E-state index in [0.29, 0.717) is 24.5 Å². The van der Waals surface area contributed by atoms with Gasteiger partial charge in [-0.2, -0.15) is 0 Å². The lowest BCUT2D eigenvalue weighted by Gasteiger charge is -2.35. The van der Waals surface area contributed by atoms with E-state index in [1.807, 2.05) is 35.2 Å². The molecule has 1 saturated heterocycles. The SMILES string of the molecule is CC1CN(C(=O)c2cc(Oc3ccccc3)ccn2)CC(C)N1. The Morgan fingerprint density at radius 3 is 2.52 bits per heavy atom. The molecule has 5 heteroatoms. The van der Waals surface area contributed by atoms with Gasteiger partial charge in [0.2, 0.25) is 0 Å². The molecule has 1 N–H and O–H groups in total. The Kier molecular flexibility index (Phi) is 4.57. The zero-order valence-electron chi connectivity index (χ0n) is 13.4. The van der Waals surface area contributed by atoms with E-state index < -0.39 is 0 Å². The largest absolute Gasteiger partial charge is 0.457 e. The van der Waals surface area contributed by atoms with E-state index >= 15 is 0 Å². The highest BCUT2D eigenvalue weighted by molar-refractivity contribution is 5.92. The van der Waals surface area contributed by atoms with Crippen molar-refractivity contribution >= 4 is 5.91 Å². The number of carbonyl (C=O) groups is 1. The smallest absolute Gasteiger partial charge is 0.272 e. The number of para-hydroxylation sites is 1. The fourth-order valence-electron chi connectivity index (χ4n) is 2.87. The maximum Gasteiger partial charge on any atom is 0.272 e. The number of nitrogens with zero attached hydrogens (tertiary/aromatic N) is 2. The molecule has 1 aromatic heterocycles. The fourth-order valence-corrected chi connectivity index (χ4v) is 2.87. The van der Waals surface area contributed by atoms with Crippen molar-refractivity contribution in [3.63, 3.8) is 0 Å². The minimum atomic E-state index is -0.0521. The molecule has 3 rings (SSSR count). The molecule has 1 aromatic carbocycles. The summed E-state index contributed by atoms with van der Waals surface area (Å²) in [7, 11) is 0. The van der Waals surface area contributed by atoms with Gasteiger partial charge in [-0.3, -0.25) is 9.78 Å². The highest BCUT2D eigenvalue weighted by Gasteiger charge is 2.26. The van der Waals surface area contributed by atoms with Gasteiger partial charge in [-0.1, -0.05) is 18.2 Å². The third kappa shape index (κ3) is 3.87. The number of benzene rings is 1. The number of pyridine rings is 1. The van der Waals surface area contributed by atoms with E-state index in [9.17, 15) is 4.79 Å². The lowest BCUT2D eigenvalue weighted by Crippen LogP contribution is -2.55. The third-order valence-electron chi connectivity index (χ3n) is 3.77. The van der Waals surface area contributed by atoms with Crippen molar-refractivity contribution in [1.29, 1.82) is 0 Å². The minimum Gasteiger partial charge on any atom is -0.457 e. The molecule has 1 aliphatic heterocycles. The van der Waals surface area contributed by atoms with Crippen molar-refractivity contribution in [2.24, 2.45) is 0 Å². The summed E-state index contributed by atoms with van der Waals surface area (Å²) in [5.41, 5.74) is 0.416. The van der Waals surface area contributed by atoms with Gasteiger partial charge >= 0.3 is 0 Å². The first kappa shape index (κ1) is 15.5. The number of amides is 1. The number of hydrogen-bond donors (Lipinski definition) is 1. The van der Waals surface area contributed by atoms with Gasteiger partial charge in [-0.25, -0.2) is 0 Å². The second-order valence-corrected chi connectivity index (χ2v) is 5.97. The predicted octanol–water partition coefficient (Wildman–Crippen LogP) is 2.70. The maximum absolute atomic E-state index is 12.7. The monoisotopic (exact) mass is 311 g/mol. The first-order chi connectivity index (χ1) is 11.1.